The van der Waals surface area contributed by atoms with E-state index in [1.807, 2.05) is 20.8 Å². The lowest BCUT2D eigenvalue weighted by Crippen LogP contribution is -2.45. The Morgan fingerprint density at radius 1 is 1.59 bits per heavy atom. The van der Waals surface area contributed by atoms with Crippen LogP contribution in [-0.4, -0.2) is 22.1 Å². The number of H-pyrrole nitrogens is 1. The van der Waals surface area contributed by atoms with Gasteiger partial charge in [-0.1, -0.05) is 20.3 Å². The van der Waals surface area contributed by atoms with E-state index in [9.17, 15) is 4.79 Å². The van der Waals surface area contributed by atoms with Gasteiger partial charge in [0.05, 0.1) is 18.3 Å². The minimum atomic E-state index is -0.445. The fraction of sp³-hybridized carbons (Fsp3) is 0.636. The molecular formula is C11H21ClN4O. The van der Waals surface area contributed by atoms with Crippen LogP contribution in [0.1, 0.15) is 38.8 Å². The average molecular weight is 261 g/mol. The molecule has 4 N–H and O–H groups in total. The Balaban J connectivity index is 0.00000256. The summed E-state index contributed by atoms with van der Waals surface area (Å²) in [5, 5.41) is 9.43. The van der Waals surface area contributed by atoms with Crippen LogP contribution in [0.2, 0.25) is 0 Å². The third-order valence-corrected chi connectivity index (χ3v) is 2.94. The van der Waals surface area contributed by atoms with Crippen molar-refractivity contribution in [2.45, 2.75) is 39.3 Å². The number of nitrogens with two attached hydrogens (primary N) is 1. The van der Waals surface area contributed by atoms with Crippen LogP contribution in [0.5, 0.6) is 0 Å². The molecule has 5 nitrogen and oxygen atoms in total. The molecule has 1 heterocycles. The fourth-order valence-corrected chi connectivity index (χ4v) is 1.40. The maximum absolute atomic E-state index is 11.8. The quantitative estimate of drug-likeness (QED) is 0.748. The number of rotatable bonds is 5. The number of carbonyl (C=O) groups is 1. The molecule has 0 spiro atoms. The Morgan fingerprint density at radius 2 is 2.24 bits per heavy atom. The monoisotopic (exact) mass is 260 g/mol. The molecule has 17 heavy (non-hydrogen) atoms. The maximum Gasteiger partial charge on any atom is 0.237 e. The molecule has 3 atom stereocenters. The van der Waals surface area contributed by atoms with Gasteiger partial charge in [-0.2, -0.15) is 5.10 Å². The molecule has 0 fully saturated rings. The van der Waals surface area contributed by atoms with Crippen LogP contribution in [0.25, 0.3) is 0 Å². The molecule has 1 aromatic rings. The van der Waals surface area contributed by atoms with Crippen LogP contribution in [0.15, 0.2) is 12.4 Å². The maximum atomic E-state index is 11.8. The molecule has 3 unspecified atom stereocenters. The van der Waals surface area contributed by atoms with Crippen molar-refractivity contribution in [3.63, 3.8) is 0 Å². The molecule has 0 aliphatic rings. The van der Waals surface area contributed by atoms with Gasteiger partial charge in [0.15, 0.2) is 0 Å². The number of aromatic nitrogens is 2. The SMILES string of the molecule is CCC(C)C(N)C(=O)NC(C)c1cn[nH]c1.Cl. The summed E-state index contributed by atoms with van der Waals surface area (Å²) in [6.45, 7) is 5.91. The van der Waals surface area contributed by atoms with Gasteiger partial charge in [0.1, 0.15) is 0 Å². The number of carbonyl (C=O) groups excluding carboxylic acids is 1. The van der Waals surface area contributed by atoms with E-state index in [-0.39, 0.29) is 30.3 Å². The van der Waals surface area contributed by atoms with Gasteiger partial charge in [0.25, 0.3) is 0 Å². The first kappa shape index (κ1) is 15.9. The van der Waals surface area contributed by atoms with Gasteiger partial charge in [-0.05, 0) is 12.8 Å². The van der Waals surface area contributed by atoms with Gasteiger partial charge in [-0.25, -0.2) is 0 Å². The lowest BCUT2D eigenvalue weighted by molar-refractivity contribution is -0.124. The fourth-order valence-electron chi connectivity index (χ4n) is 1.40. The lowest BCUT2D eigenvalue weighted by atomic mass is 9.99. The summed E-state index contributed by atoms with van der Waals surface area (Å²) in [5.41, 5.74) is 6.79. The van der Waals surface area contributed by atoms with Crippen molar-refractivity contribution in [3.05, 3.63) is 18.0 Å². The standard InChI is InChI=1S/C11H20N4O.ClH/c1-4-7(2)10(12)11(16)15-8(3)9-5-13-14-6-9;/h5-8,10H,4,12H2,1-3H3,(H,13,14)(H,15,16);1H. The Kier molecular flexibility index (Phi) is 6.83. The lowest BCUT2D eigenvalue weighted by Gasteiger charge is -2.20. The van der Waals surface area contributed by atoms with Crippen molar-refractivity contribution >= 4 is 18.3 Å². The second-order valence-electron chi connectivity index (χ2n) is 4.17. The van der Waals surface area contributed by atoms with Gasteiger partial charge in [-0.15, -0.1) is 12.4 Å². The Labute approximate surface area is 108 Å². The number of hydrogen-bond donors (Lipinski definition) is 3. The Morgan fingerprint density at radius 3 is 2.71 bits per heavy atom. The van der Waals surface area contributed by atoms with E-state index in [2.05, 4.69) is 15.5 Å². The summed E-state index contributed by atoms with van der Waals surface area (Å²) in [4.78, 5) is 11.8. The number of aromatic amines is 1. The van der Waals surface area contributed by atoms with Gasteiger partial charge in [-0.3, -0.25) is 9.89 Å². The summed E-state index contributed by atoms with van der Waals surface area (Å²) < 4.78 is 0. The highest BCUT2D eigenvalue weighted by molar-refractivity contribution is 5.85. The molecular weight excluding hydrogens is 240 g/mol. The van der Waals surface area contributed by atoms with E-state index in [4.69, 9.17) is 5.73 Å². The molecule has 6 heteroatoms. The van der Waals surface area contributed by atoms with E-state index in [1.165, 1.54) is 0 Å². The average Bonchev–Trinajstić information content (AvgIpc) is 2.80. The number of nitrogens with one attached hydrogen (secondary N) is 2. The van der Waals surface area contributed by atoms with Gasteiger partial charge < -0.3 is 11.1 Å². The normalized spacial score (nSPS) is 15.5. The van der Waals surface area contributed by atoms with Crippen molar-refractivity contribution in [3.8, 4) is 0 Å². The van der Waals surface area contributed by atoms with Crippen LogP contribution >= 0.6 is 12.4 Å². The van der Waals surface area contributed by atoms with Gasteiger partial charge in [0.2, 0.25) is 5.91 Å². The van der Waals surface area contributed by atoms with Crippen LogP contribution < -0.4 is 11.1 Å². The minimum absolute atomic E-state index is 0. The molecule has 0 radical (unpaired) electrons. The van der Waals surface area contributed by atoms with Gasteiger partial charge >= 0.3 is 0 Å². The highest BCUT2D eigenvalue weighted by Gasteiger charge is 2.21. The first-order valence-electron chi connectivity index (χ1n) is 5.60. The number of hydrogen-bond acceptors (Lipinski definition) is 3. The largest absolute Gasteiger partial charge is 0.348 e. The number of amides is 1. The molecule has 1 rings (SSSR count). The molecule has 98 valence electrons. The van der Waals surface area contributed by atoms with Crippen LogP contribution in [-0.2, 0) is 4.79 Å². The first-order valence-corrected chi connectivity index (χ1v) is 5.60. The zero-order valence-electron chi connectivity index (χ0n) is 10.4. The first-order chi connectivity index (χ1) is 7.56. The van der Waals surface area contributed by atoms with E-state index < -0.39 is 6.04 Å². The smallest absolute Gasteiger partial charge is 0.237 e. The van der Waals surface area contributed by atoms with Crippen molar-refractivity contribution in [1.82, 2.24) is 15.5 Å². The van der Waals surface area contributed by atoms with Crippen molar-refractivity contribution in [1.29, 1.82) is 0 Å². The summed E-state index contributed by atoms with van der Waals surface area (Å²) in [6, 6.07) is -0.513. The molecule has 0 aliphatic carbocycles. The topological polar surface area (TPSA) is 83.8 Å². The van der Waals surface area contributed by atoms with Crippen LogP contribution in [0.4, 0.5) is 0 Å². The summed E-state index contributed by atoms with van der Waals surface area (Å²) in [7, 11) is 0. The Bertz CT molecular complexity index is 328. The minimum Gasteiger partial charge on any atom is -0.348 e. The van der Waals surface area contributed by atoms with Crippen molar-refractivity contribution in [2.75, 3.05) is 0 Å². The number of halogens is 1. The predicted molar refractivity (Wildman–Crippen MR) is 69.8 cm³/mol. The molecule has 0 aliphatic heterocycles. The Hall–Kier alpha value is -1.07. The van der Waals surface area contributed by atoms with Crippen LogP contribution in [0.3, 0.4) is 0 Å². The van der Waals surface area contributed by atoms with E-state index in [1.54, 1.807) is 12.4 Å². The van der Waals surface area contributed by atoms with E-state index >= 15 is 0 Å². The molecule has 0 aromatic carbocycles. The summed E-state index contributed by atoms with van der Waals surface area (Å²) in [6.07, 6.45) is 4.36. The second kappa shape index (κ2) is 7.29. The van der Waals surface area contributed by atoms with Gasteiger partial charge in [0, 0.05) is 11.8 Å². The zero-order valence-corrected chi connectivity index (χ0v) is 11.3. The third-order valence-electron chi connectivity index (χ3n) is 2.94. The van der Waals surface area contributed by atoms with Crippen molar-refractivity contribution < 1.29 is 4.79 Å². The summed E-state index contributed by atoms with van der Waals surface area (Å²) >= 11 is 0. The summed E-state index contributed by atoms with van der Waals surface area (Å²) in [5.74, 6) is 0.0830. The highest BCUT2D eigenvalue weighted by atomic mass is 35.5. The third kappa shape index (κ3) is 4.36. The van der Waals surface area contributed by atoms with E-state index in [0.29, 0.717) is 0 Å². The van der Waals surface area contributed by atoms with Crippen LogP contribution in [0, 0.1) is 5.92 Å². The molecule has 0 saturated carbocycles. The zero-order chi connectivity index (χ0) is 12.1. The second-order valence-corrected chi connectivity index (χ2v) is 4.17. The highest BCUT2D eigenvalue weighted by Crippen LogP contribution is 2.11. The molecule has 1 aromatic heterocycles. The molecule has 1 amide bonds. The molecule has 0 bridgehead atoms. The molecule has 0 saturated heterocycles. The van der Waals surface area contributed by atoms with E-state index in [0.717, 1.165) is 12.0 Å². The van der Waals surface area contributed by atoms with Crippen molar-refractivity contribution in [2.24, 2.45) is 11.7 Å². The predicted octanol–water partition coefficient (Wildman–Crippen LogP) is 1.38. The number of nitrogens with zero attached hydrogens (tertiary/aromatic N) is 1.